The Labute approximate surface area is 162 Å². The summed E-state index contributed by atoms with van der Waals surface area (Å²) in [5.74, 6) is -0.0670. The van der Waals surface area contributed by atoms with Crippen LogP contribution in [0.5, 0.6) is 0 Å². The zero-order chi connectivity index (χ0) is 18.6. The molecule has 134 valence electrons. The second-order valence-corrected chi connectivity index (χ2v) is 7.42. The van der Waals surface area contributed by atoms with Gasteiger partial charge in [-0.1, -0.05) is 42.5 Å². The van der Waals surface area contributed by atoms with Crippen molar-refractivity contribution in [1.29, 1.82) is 0 Å². The number of aromatic nitrogens is 2. The van der Waals surface area contributed by atoms with Gasteiger partial charge in [-0.2, -0.15) is 0 Å². The van der Waals surface area contributed by atoms with Gasteiger partial charge in [-0.25, -0.2) is 4.98 Å². The number of carbonyl (C=O) groups is 1. The van der Waals surface area contributed by atoms with Crippen molar-refractivity contribution >= 4 is 22.9 Å². The van der Waals surface area contributed by atoms with Crippen molar-refractivity contribution in [3.8, 4) is 16.3 Å². The first-order valence-corrected chi connectivity index (χ1v) is 9.56. The average molecular weight is 373 g/mol. The second kappa shape index (κ2) is 7.60. The summed E-state index contributed by atoms with van der Waals surface area (Å²) in [5.41, 5.74) is 3.63. The predicted octanol–water partition coefficient (Wildman–Crippen LogP) is 5.09. The standard InChI is InChI=1S/C22H19N3OS/c1-16-19(24-22(27-16)17-9-3-2-4-10-17)15-21(26)23-18-11-5-6-12-20(18)25-13-7-8-14-25/h2-14H,15H2,1H3,(H,23,26). The fraction of sp³-hybridized carbons (Fsp3) is 0.0909. The van der Waals surface area contributed by atoms with Crippen LogP contribution < -0.4 is 5.32 Å². The first-order chi connectivity index (χ1) is 13.2. The number of rotatable bonds is 5. The van der Waals surface area contributed by atoms with E-state index in [0.717, 1.165) is 32.5 Å². The van der Waals surface area contributed by atoms with E-state index < -0.39 is 0 Å². The van der Waals surface area contributed by atoms with Gasteiger partial charge in [0.2, 0.25) is 5.91 Å². The SMILES string of the molecule is Cc1sc(-c2ccccc2)nc1CC(=O)Nc1ccccc1-n1cccc1. The summed E-state index contributed by atoms with van der Waals surface area (Å²) >= 11 is 1.62. The van der Waals surface area contributed by atoms with Crippen LogP contribution in [0, 0.1) is 6.92 Å². The summed E-state index contributed by atoms with van der Waals surface area (Å²) in [6, 6.07) is 21.8. The van der Waals surface area contributed by atoms with E-state index in [4.69, 9.17) is 0 Å². The van der Waals surface area contributed by atoms with Crippen LogP contribution in [-0.2, 0) is 11.2 Å². The van der Waals surface area contributed by atoms with E-state index in [1.165, 1.54) is 0 Å². The van der Waals surface area contributed by atoms with Gasteiger partial charge in [0, 0.05) is 22.8 Å². The van der Waals surface area contributed by atoms with E-state index in [1.807, 2.05) is 90.6 Å². The zero-order valence-electron chi connectivity index (χ0n) is 14.9. The molecule has 1 amide bonds. The Bertz CT molecular complexity index is 1050. The maximum atomic E-state index is 12.6. The molecule has 0 aliphatic heterocycles. The number of carbonyl (C=O) groups excluding carboxylic acids is 1. The number of nitrogens with zero attached hydrogens (tertiary/aromatic N) is 2. The minimum atomic E-state index is -0.0670. The lowest BCUT2D eigenvalue weighted by molar-refractivity contribution is -0.115. The molecule has 0 aliphatic carbocycles. The van der Waals surface area contributed by atoms with Crippen LogP contribution in [0.15, 0.2) is 79.1 Å². The van der Waals surface area contributed by atoms with Gasteiger partial charge in [0.1, 0.15) is 5.01 Å². The van der Waals surface area contributed by atoms with E-state index in [0.29, 0.717) is 0 Å². The average Bonchev–Trinajstić information content (AvgIpc) is 3.34. The number of aryl methyl sites for hydroxylation is 1. The monoisotopic (exact) mass is 373 g/mol. The van der Waals surface area contributed by atoms with Gasteiger partial charge < -0.3 is 9.88 Å². The molecule has 5 heteroatoms. The lowest BCUT2D eigenvalue weighted by atomic mass is 10.2. The molecule has 0 radical (unpaired) electrons. The van der Waals surface area contributed by atoms with Gasteiger partial charge in [0.25, 0.3) is 0 Å². The van der Waals surface area contributed by atoms with Crippen LogP contribution in [0.25, 0.3) is 16.3 Å². The summed E-state index contributed by atoms with van der Waals surface area (Å²) in [4.78, 5) is 18.4. The van der Waals surface area contributed by atoms with Crippen molar-refractivity contribution < 1.29 is 4.79 Å². The minimum absolute atomic E-state index is 0.0670. The second-order valence-electron chi connectivity index (χ2n) is 6.22. The summed E-state index contributed by atoms with van der Waals surface area (Å²) in [6.07, 6.45) is 4.18. The van der Waals surface area contributed by atoms with Crippen LogP contribution >= 0.6 is 11.3 Å². The Hall–Kier alpha value is -3.18. The van der Waals surface area contributed by atoms with Gasteiger partial charge in [-0.05, 0) is 31.2 Å². The Balaban J connectivity index is 1.52. The van der Waals surface area contributed by atoms with Crippen molar-refractivity contribution in [3.63, 3.8) is 0 Å². The van der Waals surface area contributed by atoms with Crippen molar-refractivity contribution in [2.75, 3.05) is 5.32 Å². The van der Waals surface area contributed by atoms with E-state index >= 15 is 0 Å². The fourth-order valence-electron chi connectivity index (χ4n) is 2.94. The molecule has 1 N–H and O–H groups in total. The molecule has 2 aromatic carbocycles. The molecular weight excluding hydrogens is 354 g/mol. The maximum Gasteiger partial charge on any atom is 0.230 e. The molecule has 0 spiro atoms. The highest BCUT2D eigenvalue weighted by Gasteiger charge is 2.14. The lowest BCUT2D eigenvalue weighted by Gasteiger charge is -2.11. The van der Waals surface area contributed by atoms with Crippen LogP contribution in [0.1, 0.15) is 10.6 Å². The summed E-state index contributed by atoms with van der Waals surface area (Å²) in [7, 11) is 0. The molecule has 4 rings (SSSR count). The maximum absolute atomic E-state index is 12.6. The number of thiazole rings is 1. The van der Waals surface area contributed by atoms with Gasteiger partial charge in [-0.3, -0.25) is 4.79 Å². The number of hydrogen-bond acceptors (Lipinski definition) is 3. The largest absolute Gasteiger partial charge is 0.324 e. The Morgan fingerprint density at radius 3 is 2.48 bits per heavy atom. The quantitative estimate of drug-likeness (QED) is 0.530. The highest BCUT2D eigenvalue weighted by Crippen LogP contribution is 2.28. The number of nitrogens with one attached hydrogen (secondary N) is 1. The molecule has 27 heavy (non-hydrogen) atoms. The molecule has 0 aliphatic rings. The van der Waals surface area contributed by atoms with Crippen molar-refractivity contribution in [3.05, 3.63) is 89.7 Å². The zero-order valence-corrected chi connectivity index (χ0v) is 15.7. The topological polar surface area (TPSA) is 46.9 Å². The van der Waals surface area contributed by atoms with Crippen molar-refractivity contribution in [1.82, 2.24) is 9.55 Å². The molecule has 0 saturated heterocycles. The highest BCUT2D eigenvalue weighted by atomic mass is 32.1. The smallest absolute Gasteiger partial charge is 0.230 e. The van der Waals surface area contributed by atoms with Gasteiger partial charge >= 0.3 is 0 Å². The van der Waals surface area contributed by atoms with Gasteiger partial charge in [-0.15, -0.1) is 11.3 Å². The van der Waals surface area contributed by atoms with Gasteiger partial charge in [0.15, 0.2) is 0 Å². The van der Waals surface area contributed by atoms with E-state index in [-0.39, 0.29) is 12.3 Å². The molecule has 2 heterocycles. The molecule has 0 bridgehead atoms. The third kappa shape index (κ3) is 3.83. The Morgan fingerprint density at radius 1 is 1.00 bits per heavy atom. The molecule has 4 aromatic rings. The van der Waals surface area contributed by atoms with E-state index in [1.54, 1.807) is 11.3 Å². The number of hydrogen-bond donors (Lipinski definition) is 1. The van der Waals surface area contributed by atoms with E-state index in [9.17, 15) is 4.79 Å². The molecule has 2 aromatic heterocycles. The van der Waals surface area contributed by atoms with Gasteiger partial charge in [0.05, 0.1) is 23.5 Å². The Morgan fingerprint density at radius 2 is 1.70 bits per heavy atom. The number of anilines is 1. The number of para-hydroxylation sites is 2. The minimum Gasteiger partial charge on any atom is -0.324 e. The van der Waals surface area contributed by atoms with Crippen LogP contribution in [-0.4, -0.2) is 15.5 Å². The molecule has 0 fully saturated rings. The normalized spacial score (nSPS) is 10.7. The molecule has 4 nitrogen and oxygen atoms in total. The summed E-state index contributed by atoms with van der Waals surface area (Å²) < 4.78 is 1.98. The van der Waals surface area contributed by atoms with Crippen molar-refractivity contribution in [2.45, 2.75) is 13.3 Å². The van der Waals surface area contributed by atoms with Crippen LogP contribution in [0.3, 0.4) is 0 Å². The summed E-state index contributed by atoms with van der Waals surface area (Å²) in [6.45, 7) is 2.01. The number of benzene rings is 2. The first-order valence-electron chi connectivity index (χ1n) is 8.74. The predicted molar refractivity (Wildman–Crippen MR) is 110 cm³/mol. The van der Waals surface area contributed by atoms with Crippen LogP contribution in [0.2, 0.25) is 0 Å². The summed E-state index contributed by atoms with van der Waals surface area (Å²) in [5, 5.41) is 3.98. The number of amides is 1. The Kier molecular flexibility index (Phi) is 4.85. The molecule has 0 unspecified atom stereocenters. The molecule has 0 saturated carbocycles. The highest BCUT2D eigenvalue weighted by molar-refractivity contribution is 7.15. The fourth-order valence-corrected chi connectivity index (χ4v) is 3.88. The van der Waals surface area contributed by atoms with Crippen molar-refractivity contribution in [2.24, 2.45) is 0 Å². The molecular formula is C22H19N3OS. The lowest BCUT2D eigenvalue weighted by Crippen LogP contribution is -2.16. The third-order valence-corrected chi connectivity index (χ3v) is 5.36. The van der Waals surface area contributed by atoms with Crippen LogP contribution in [0.4, 0.5) is 5.69 Å². The first kappa shape index (κ1) is 17.2. The van der Waals surface area contributed by atoms with E-state index in [2.05, 4.69) is 10.3 Å². The third-order valence-electron chi connectivity index (χ3n) is 4.30. The molecule has 0 atom stereocenters.